The lowest BCUT2D eigenvalue weighted by molar-refractivity contribution is 0.608. The van der Waals surface area contributed by atoms with Gasteiger partial charge in [-0.1, -0.05) is 0 Å². The first-order valence-corrected chi connectivity index (χ1v) is 6.01. The SMILES string of the molecule is CNc1ncc(F)c(N(C)CCc2ccncc2)n1. The Bertz CT molecular complexity index is 532. The number of likely N-dealkylation sites (N-methyl/N-ethyl adjacent to an activating group) is 1. The number of hydrogen-bond donors (Lipinski definition) is 1. The van der Waals surface area contributed by atoms with E-state index in [9.17, 15) is 4.39 Å². The first kappa shape index (κ1) is 13.2. The van der Waals surface area contributed by atoms with Crippen molar-refractivity contribution in [1.82, 2.24) is 15.0 Å². The zero-order valence-electron chi connectivity index (χ0n) is 11.0. The number of aromatic nitrogens is 3. The molecule has 0 atom stereocenters. The molecule has 0 aliphatic heterocycles. The van der Waals surface area contributed by atoms with Crippen molar-refractivity contribution in [3.8, 4) is 0 Å². The van der Waals surface area contributed by atoms with E-state index in [1.807, 2.05) is 19.2 Å². The van der Waals surface area contributed by atoms with Gasteiger partial charge in [0.05, 0.1) is 6.20 Å². The van der Waals surface area contributed by atoms with E-state index in [1.54, 1.807) is 24.3 Å². The second kappa shape index (κ2) is 6.08. The molecule has 100 valence electrons. The van der Waals surface area contributed by atoms with Crippen molar-refractivity contribution in [2.24, 2.45) is 0 Å². The van der Waals surface area contributed by atoms with Crippen LogP contribution in [0.5, 0.6) is 0 Å². The smallest absolute Gasteiger partial charge is 0.224 e. The van der Waals surface area contributed by atoms with E-state index in [4.69, 9.17) is 0 Å². The van der Waals surface area contributed by atoms with Crippen molar-refractivity contribution in [2.45, 2.75) is 6.42 Å². The number of halogens is 1. The lowest BCUT2D eigenvalue weighted by Crippen LogP contribution is -2.23. The van der Waals surface area contributed by atoms with Crippen LogP contribution in [0.25, 0.3) is 0 Å². The molecule has 0 saturated carbocycles. The summed E-state index contributed by atoms with van der Waals surface area (Å²) < 4.78 is 13.7. The van der Waals surface area contributed by atoms with Gasteiger partial charge in [-0.05, 0) is 24.1 Å². The summed E-state index contributed by atoms with van der Waals surface area (Å²) in [5.74, 6) is 0.289. The molecule has 0 aliphatic rings. The predicted octanol–water partition coefficient (Wildman–Crippen LogP) is 1.73. The molecule has 0 bridgehead atoms. The summed E-state index contributed by atoms with van der Waals surface area (Å²) in [5, 5.41) is 2.80. The molecule has 2 aromatic heterocycles. The van der Waals surface area contributed by atoms with Gasteiger partial charge in [-0.25, -0.2) is 9.37 Å². The van der Waals surface area contributed by atoms with E-state index in [1.165, 1.54) is 6.20 Å². The summed E-state index contributed by atoms with van der Waals surface area (Å²) in [6.45, 7) is 0.668. The zero-order chi connectivity index (χ0) is 13.7. The highest BCUT2D eigenvalue weighted by atomic mass is 19.1. The normalized spacial score (nSPS) is 10.3. The maximum Gasteiger partial charge on any atom is 0.224 e. The molecule has 2 aromatic rings. The minimum absolute atomic E-state index is 0.299. The van der Waals surface area contributed by atoms with Crippen molar-refractivity contribution >= 4 is 11.8 Å². The van der Waals surface area contributed by atoms with E-state index in [-0.39, 0.29) is 0 Å². The lowest BCUT2D eigenvalue weighted by Gasteiger charge is -2.18. The fourth-order valence-corrected chi connectivity index (χ4v) is 1.70. The average Bonchev–Trinajstić information content (AvgIpc) is 2.46. The molecule has 0 spiro atoms. The van der Waals surface area contributed by atoms with Gasteiger partial charge in [0, 0.05) is 33.0 Å². The highest BCUT2D eigenvalue weighted by Crippen LogP contribution is 2.16. The molecule has 0 unspecified atom stereocenters. The van der Waals surface area contributed by atoms with Crippen LogP contribution >= 0.6 is 0 Å². The van der Waals surface area contributed by atoms with Crippen molar-refractivity contribution in [2.75, 3.05) is 30.9 Å². The monoisotopic (exact) mass is 261 g/mol. The highest BCUT2D eigenvalue weighted by Gasteiger charge is 2.11. The van der Waals surface area contributed by atoms with Crippen molar-refractivity contribution in [1.29, 1.82) is 0 Å². The number of nitrogens with zero attached hydrogens (tertiary/aromatic N) is 4. The van der Waals surface area contributed by atoms with Gasteiger partial charge in [0.2, 0.25) is 5.95 Å². The minimum atomic E-state index is -0.420. The van der Waals surface area contributed by atoms with Crippen LogP contribution in [0.2, 0.25) is 0 Å². The molecule has 2 heterocycles. The molecular formula is C13H16FN5. The van der Waals surface area contributed by atoms with E-state index < -0.39 is 5.82 Å². The molecule has 6 heteroatoms. The topological polar surface area (TPSA) is 53.9 Å². The summed E-state index contributed by atoms with van der Waals surface area (Å²) in [4.78, 5) is 13.7. The number of nitrogens with one attached hydrogen (secondary N) is 1. The fraction of sp³-hybridized carbons (Fsp3) is 0.308. The Hall–Kier alpha value is -2.24. The fourth-order valence-electron chi connectivity index (χ4n) is 1.70. The molecule has 1 N–H and O–H groups in total. The van der Waals surface area contributed by atoms with Gasteiger partial charge >= 0.3 is 0 Å². The van der Waals surface area contributed by atoms with Crippen molar-refractivity contribution in [3.63, 3.8) is 0 Å². The van der Waals surface area contributed by atoms with Crippen LogP contribution in [0.4, 0.5) is 16.2 Å². The van der Waals surface area contributed by atoms with Crippen molar-refractivity contribution in [3.05, 3.63) is 42.1 Å². The Balaban J connectivity index is 2.05. The van der Waals surface area contributed by atoms with Gasteiger partial charge in [-0.3, -0.25) is 4.98 Å². The van der Waals surface area contributed by atoms with E-state index >= 15 is 0 Å². The highest BCUT2D eigenvalue weighted by molar-refractivity contribution is 5.43. The van der Waals surface area contributed by atoms with Gasteiger partial charge in [-0.2, -0.15) is 4.98 Å². The van der Waals surface area contributed by atoms with Crippen LogP contribution < -0.4 is 10.2 Å². The largest absolute Gasteiger partial charge is 0.357 e. The van der Waals surface area contributed by atoms with Crippen LogP contribution in [0.3, 0.4) is 0 Å². The quantitative estimate of drug-likeness (QED) is 0.888. The first-order valence-electron chi connectivity index (χ1n) is 6.01. The summed E-state index contributed by atoms with van der Waals surface area (Å²) in [6.07, 6.45) is 5.48. The van der Waals surface area contributed by atoms with Gasteiger partial charge in [0.1, 0.15) is 0 Å². The summed E-state index contributed by atoms with van der Waals surface area (Å²) in [5.41, 5.74) is 1.16. The van der Waals surface area contributed by atoms with Crippen LogP contribution in [-0.2, 0) is 6.42 Å². The average molecular weight is 261 g/mol. The maximum absolute atomic E-state index is 13.7. The number of pyridine rings is 1. The Morgan fingerprint density at radius 1 is 1.32 bits per heavy atom. The molecule has 0 aliphatic carbocycles. The van der Waals surface area contributed by atoms with Gasteiger partial charge < -0.3 is 10.2 Å². The van der Waals surface area contributed by atoms with E-state index in [2.05, 4.69) is 20.3 Å². The van der Waals surface area contributed by atoms with Crippen molar-refractivity contribution < 1.29 is 4.39 Å². The third kappa shape index (κ3) is 3.37. The standard InChI is InChI=1S/C13H16FN5/c1-15-13-17-9-11(14)12(18-13)19(2)8-5-10-3-6-16-7-4-10/h3-4,6-7,9H,5,8H2,1-2H3,(H,15,17,18). The van der Waals surface area contributed by atoms with E-state index in [0.717, 1.165) is 12.0 Å². The van der Waals surface area contributed by atoms with Crippen LogP contribution in [0.1, 0.15) is 5.56 Å². The van der Waals surface area contributed by atoms with Crippen LogP contribution in [-0.4, -0.2) is 35.6 Å². The maximum atomic E-state index is 13.7. The molecule has 2 rings (SSSR count). The molecule has 0 radical (unpaired) electrons. The summed E-state index contributed by atoms with van der Waals surface area (Å²) in [7, 11) is 3.51. The number of anilines is 2. The third-order valence-electron chi connectivity index (χ3n) is 2.80. The summed E-state index contributed by atoms with van der Waals surface area (Å²) in [6, 6.07) is 3.90. The Labute approximate surface area is 111 Å². The Kier molecular flexibility index (Phi) is 4.22. The lowest BCUT2D eigenvalue weighted by atomic mass is 10.2. The first-order chi connectivity index (χ1) is 9.20. The Morgan fingerprint density at radius 2 is 2.05 bits per heavy atom. The molecule has 0 amide bonds. The second-order valence-electron chi connectivity index (χ2n) is 4.14. The molecule has 19 heavy (non-hydrogen) atoms. The Morgan fingerprint density at radius 3 is 2.74 bits per heavy atom. The van der Waals surface area contributed by atoms with Gasteiger partial charge in [0.25, 0.3) is 0 Å². The van der Waals surface area contributed by atoms with Gasteiger partial charge in [-0.15, -0.1) is 0 Å². The third-order valence-corrected chi connectivity index (χ3v) is 2.80. The van der Waals surface area contributed by atoms with Crippen LogP contribution in [0, 0.1) is 5.82 Å². The zero-order valence-corrected chi connectivity index (χ0v) is 11.0. The summed E-state index contributed by atoms with van der Waals surface area (Å²) >= 11 is 0. The second-order valence-corrected chi connectivity index (χ2v) is 4.14. The molecule has 0 saturated heterocycles. The molecule has 0 fully saturated rings. The van der Waals surface area contributed by atoms with E-state index in [0.29, 0.717) is 18.3 Å². The minimum Gasteiger partial charge on any atom is -0.357 e. The molecule has 0 aromatic carbocycles. The van der Waals surface area contributed by atoms with Gasteiger partial charge in [0.15, 0.2) is 11.6 Å². The van der Waals surface area contributed by atoms with Crippen LogP contribution in [0.15, 0.2) is 30.7 Å². The molecule has 5 nitrogen and oxygen atoms in total. The molecular weight excluding hydrogens is 245 g/mol. The number of rotatable bonds is 5. The predicted molar refractivity (Wildman–Crippen MR) is 72.7 cm³/mol. The number of hydrogen-bond acceptors (Lipinski definition) is 5.